The first-order chi connectivity index (χ1) is 11.5. The fourth-order valence-corrected chi connectivity index (χ4v) is 2.14. The molecular weight excluding hydrogens is 321 g/mol. The number of anilines is 1. The van der Waals surface area contributed by atoms with E-state index in [9.17, 15) is 18.0 Å². The Morgan fingerprint density at radius 3 is 2.62 bits per heavy atom. The number of nitrogens with one attached hydrogen (secondary N) is 1. The maximum absolute atomic E-state index is 13.7. The lowest BCUT2D eigenvalue weighted by Crippen LogP contribution is -2.15. The lowest BCUT2D eigenvalue weighted by molar-refractivity contribution is -0.115. The van der Waals surface area contributed by atoms with Crippen LogP contribution in [0, 0.1) is 17.5 Å². The van der Waals surface area contributed by atoms with Gasteiger partial charge >= 0.3 is 0 Å². The number of carbonyl (C=O) groups is 1. The molecule has 0 fully saturated rings. The number of hydrogen-bond acceptors (Lipinski definition) is 3. The SMILES string of the molecule is O=C(Cc1cc(-c2ccccc2F)on1)Nc1cc(F)ccc1F. The quantitative estimate of drug-likeness (QED) is 0.787. The first-order valence-corrected chi connectivity index (χ1v) is 6.98. The van der Waals surface area contributed by atoms with E-state index in [0.717, 1.165) is 18.2 Å². The van der Waals surface area contributed by atoms with Gasteiger partial charge in [-0.15, -0.1) is 0 Å². The molecule has 1 N–H and O–H groups in total. The number of halogens is 3. The van der Waals surface area contributed by atoms with Crippen LogP contribution in [0.4, 0.5) is 18.9 Å². The van der Waals surface area contributed by atoms with Crippen molar-refractivity contribution in [3.8, 4) is 11.3 Å². The lowest BCUT2D eigenvalue weighted by Gasteiger charge is -2.05. The second-order valence-corrected chi connectivity index (χ2v) is 5.01. The largest absolute Gasteiger partial charge is 0.356 e. The second kappa shape index (κ2) is 6.57. The number of nitrogens with zero attached hydrogens (tertiary/aromatic N) is 1. The van der Waals surface area contributed by atoms with Gasteiger partial charge in [-0.05, 0) is 24.3 Å². The van der Waals surface area contributed by atoms with Gasteiger partial charge in [0.1, 0.15) is 17.5 Å². The summed E-state index contributed by atoms with van der Waals surface area (Å²) in [5, 5.41) is 5.94. The molecule has 0 saturated heterocycles. The minimum atomic E-state index is -0.753. The summed E-state index contributed by atoms with van der Waals surface area (Å²) < 4.78 is 45.2. The summed E-state index contributed by atoms with van der Waals surface area (Å²) in [7, 11) is 0. The molecule has 1 aromatic heterocycles. The molecule has 0 aliphatic heterocycles. The molecule has 0 bridgehead atoms. The number of amides is 1. The van der Waals surface area contributed by atoms with Crippen LogP contribution in [0.15, 0.2) is 53.1 Å². The molecular formula is C17H11F3N2O2. The summed E-state index contributed by atoms with van der Waals surface area (Å²) in [6.45, 7) is 0. The normalized spacial score (nSPS) is 10.6. The van der Waals surface area contributed by atoms with E-state index in [1.54, 1.807) is 6.07 Å². The molecule has 3 rings (SSSR count). The Labute approximate surface area is 134 Å². The van der Waals surface area contributed by atoms with Crippen molar-refractivity contribution in [2.24, 2.45) is 0 Å². The van der Waals surface area contributed by atoms with Crippen LogP contribution in [0.25, 0.3) is 11.3 Å². The van der Waals surface area contributed by atoms with Gasteiger partial charge < -0.3 is 9.84 Å². The molecule has 0 spiro atoms. The maximum atomic E-state index is 13.7. The van der Waals surface area contributed by atoms with Crippen molar-refractivity contribution >= 4 is 11.6 Å². The van der Waals surface area contributed by atoms with Crippen LogP contribution in [0.2, 0.25) is 0 Å². The van der Waals surface area contributed by atoms with Crippen LogP contribution >= 0.6 is 0 Å². The van der Waals surface area contributed by atoms with Gasteiger partial charge in [-0.25, -0.2) is 13.2 Å². The van der Waals surface area contributed by atoms with Crippen molar-refractivity contribution < 1.29 is 22.5 Å². The molecule has 0 aliphatic rings. The summed E-state index contributed by atoms with van der Waals surface area (Å²) >= 11 is 0. The fraction of sp³-hybridized carbons (Fsp3) is 0.0588. The van der Waals surface area contributed by atoms with Crippen LogP contribution in [0.1, 0.15) is 5.69 Å². The van der Waals surface area contributed by atoms with Crippen molar-refractivity contribution in [2.75, 3.05) is 5.32 Å². The Morgan fingerprint density at radius 1 is 1.04 bits per heavy atom. The molecule has 4 nitrogen and oxygen atoms in total. The average molecular weight is 332 g/mol. The monoisotopic (exact) mass is 332 g/mol. The zero-order valence-corrected chi connectivity index (χ0v) is 12.2. The van der Waals surface area contributed by atoms with E-state index in [1.807, 2.05) is 0 Å². The number of hydrogen-bond donors (Lipinski definition) is 1. The summed E-state index contributed by atoms with van der Waals surface area (Å²) in [4.78, 5) is 11.9. The van der Waals surface area contributed by atoms with E-state index >= 15 is 0 Å². The Hall–Kier alpha value is -3.09. The fourth-order valence-electron chi connectivity index (χ4n) is 2.14. The van der Waals surface area contributed by atoms with E-state index in [-0.39, 0.29) is 29.1 Å². The highest BCUT2D eigenvalue weighted by Crippen LogP contribution is 2.23. The predicted molar refractivity (Wildman–Crippen MR) is 80.6 cm³/mol. The molecule has 3 aromatic rings. The van der Waals surface area contributed by atoms with E-state index < -0.39 is 23.4 Å². The van der Waals surface area contributed by atoms with Crippen molar-refractivity contribution in [1.29, 1.82) is 0 Å². The van der Waals surface area contributed by atoms with Gasteiger partial charge in [-0.2, -0.15) is 0 Å². The van der Waals surface area contributed by atoms with Gasteiger partial charge in [0.25, 0.3) is 0 Å². The Bertz CT molecular complexity index is 893. The van der Waals surface area contributed by atoms with Gasteiger partial charge in [0.05, 0.1) is 23.4 Å². The first-order valence-electron chi connectivity index (χ1n) is 6.98. The standard InChI is InChI=1S/C17H11F3N2O2/c18-10-5-6-14(20)15(7-10)21-17(23)9-11-8-16(24-22-11)12-3-1-2-4-13(12)19/h1-8H,9H2,(H,21,23). The number of benzene rings is 2. The van der Waals surface area contributed by atoms with Crippen molar-refractivity contribution in [1.82, 2.24) is 5.16 Å². The van der Waals surface area contributed by atoms with Crippen LogP contribution in [0.5, 0.6) is 0 Å². The number of rotatable bonds is 4. The Balaban J connectivity index is 1.72. The highest BCUT2D eigenvalue weighted by molar-refractivity contribution is 5.92. The molecule has 122 valence electrons. The molecule has 1 heterocycles. The molecule has 24 heavy (non-hydrogen) atoms. The van der Waals surface area contributed by atoms with Crippen LogP contribution in [-0.2, 0) is 11.2 Å². The van der Waals surface area contributed by atoms with Crippen LogP contribution < -0.4 is 5.32 Å². The minimum absolute atomic E-state index is 0.174. The molecule has 0 atom stereocenters. The van der Waals surface area contributed by atoms with Crippen molar-refractivity contribution in [3.05, 3.63) is 71.7 Å². The number of aromatic nitrogens is 1. The summed E-state index contributed by atoms with van der Waals surface area (Å²) in [6, 6.07) is 10.1. The lowest BCUT2D eigenvalue weighted by atomic mass is 10.1. The highest BCUT2D eigenvalue weighted by Gasteiger charge is 2.14. The van der Waals surface area contributed by atoms with E-state index in [1.165, 1.54) is 24.3 Å². The topological polar surface area (TPSA) is 55.1 Å². The van der Waals surface area contributed by atoms with Gasteiger partial charge in [0.2, 0.25) is 5.91 Å². The summed E-state index contributed by atoms with van der Waals surface area (Å²) in [5.74, 6) is -2.33. The third kappa shape index (κ3) is 3.45. The highest BCUT2D eigenvalue weighted by atomic mass is 19.1. The van der Waals surface area contributed by atoms with Gasteiger partial charge in [-0.1, -0.05) is 17.3 Å². The first kappa shape index (κ1) is 15.8. The molecule has 2 aromatic carbocycles. The molecule has 1 amide bonds. The zero-order chi connectivity index (χ0) is 17.1. The Morgan fingerprint density at radius 2 is 1.83 bits per heavy atom. The molecule has 7 heteroatoms. The third-order valence-electron chi connectivity index (χ3n) is 3.24. The van der Waals surface area contributed by atoms with E-state index in [4.69, 9.17) is 4.52 Å². The van der Waals surface area contributed by atoms with Gasteiger partial charge in [0.15, 0.2) is 5.76 Å². The minimum Gasteiger partial charge on any atom is -0.356 e. The molecule has 0 radical (unpaired) electrons. The smallest absolute Gasteiger partial charge is 0.230 e. The van der Waals surface area contributed by atoms with E-state index in [0.29, 0.717) is 0 Å². The summed E-state index contributed by atoms with van der Waals surface area (Å²) in [5.41, 5.74) is 0.188. The predicted octanol–water partition coefficient (Wildman–Crippen LogP) is 3.94. The average Bonchev–Trinajstić information content (AvgIpc) is 2.99. The zero-order valence-electron chi connectivity index (χ0n) is 12.2. The molecule has 0 unspecified atom stereocenters. The maximum Gasteiger partial charge on any atom is 0.230 e. The van der Waals surface area contributed by atoms with Crippen LogP contribution in [0.3, 0.4) is 0 Å². The van der Waals surface area contributed by atoms with Gasteiger partial charge in [0, 0.05) is 12.1 Å². The van der Waals surface area contributed by atoms with Gasteiger partial charge in [-0.3, -0.25) is 4.79 Å². The Kier molecular flexibility index (Phi) is 4.33. The van der Waals surface area contributed by atoms with Crippen LogP contribution in [-0.4, -0.2) is 11.1 Å². The van der Waals surface area contributed by atoms with E-state index in [2.05, 4.69) is 10.5 Å². The molecule has 0 saturated carbocycles. The second-order valence-electron chi connectivity index (χ2n) is 5.01. The third-order valence-corrected chi connectivity index (χ3v) is 3.24. The summed E-state index contributed by atoms with van der Waals surface area (Å²) in [6.07, 6.45) is -0.228. The van der Waals surface area contributed by atoms with Crippen molar-refractivity contribution in [3.63, 3.8) is 0 Å². The number of carbonyl (C=O) groups excluding carboxylic acids is 1. The van der Waals surface area contributed by atoms with Crippen molar-refractivity contribution in [2.45, 2.75) is 6.42 Å². The molecule has 0 aliphatic carbocycles.